The first kappa shape index (κ1) is 12.7. The van der Waals surface area contributed by atoms with Crippen LogP contribution in [0.3, 0.4) is 0 Å². The third kappa shape index (κ3) is 1.97. The van der Waals surface area contributed by atoms with Crippen LogP contribution in [0.15, 0.2) is 48.5 Å². The summed E-state index contributed by atoms with van der Waals surface area (Å²) in [6, 6.07) is 19.2. The van der Waals surface area contributed by atoms with Gasteiger partial charge in [0.2, 0.25) is 0 Å². The van der Waals surface area contributed by atoms with Gasteiger partial charge in [-0.3, -0.25) is 0 Å². The van der Waals surface area contributed by atoms with E-state index >= 15 is 0 Å². The van der Waals surface area contributed by atoms with Gasteiger partial charge in [0, 0.05) is 13.5 Å². The molecule has 0 amide bonds. The summed E-state index contributed by atoms with van der Waals surface area (Å²) in [5.74, 6) is 0. The van der Waals surface area contributed by atoms with Crippen LogP contribution in [-0.4, -0.2) is 8.07 Å². The lowest BCUT2D eigenvalue weighted by Gasteiger charge is -2.33. The molecule has 0 nitrogen and oxygen atoms in total. The van der Waals surface area contributed by atoms with Crippen LogP contribution >= 0.6 is 0 Å². The average molecular weight is 266 g/mol. The largest absolute Gasteiger partial charge is 0.0695 e. The van der Waals surface area contributed by atoms with Crippen molar-refractivity contribution in [3.63, 3.8) is 0 Å². The van der Waals surface area contributed by atoms with Crippen LogP contribution in [0.2, 0.25) is 25.7 Å². The molecule has 0 unspecified atom stereocenters. The predicted molar refractivity (Wildman–Crippen MR) is 86.5 cm³/mol. The lowest BCUT2D eigenvalue weighted by Crippen LogP contribution is -2.33. The van der Waals surface area contributed by atoms with Crippen molar-refractivity contribution in [1.29, 1.82) is 0 Å². The van der Waals surface area contributed by atoms with E-state index in [0.717, 1.165) is 0 Å². The lowest BCUT2D eigenvalue weighted by molar-refractivity contribution is 0.647. The van der Waals surface area contributed by atoms with Gasteiger partial charge >= 0.3 is 0 Å². The molecule has 0 heterocycles. The minimum atomic E-state index is -1.13. The maximum Gasteiger partial charge on any atom is 0.0454 e. The number of hydrogen-bond donors (Lipinski definition) is 0. The number of rotatable bonds is 2. The number of benzene rings is 2. The summed E-state index contributed by atoms with van der Waals surface area (Å²) in [5.41, 5.74) is 6.15. The second-order valence-electron chi connectivity index (χ2n) is 7.16. The molecule has 0 radical (unpaired) electrons. The molecule has 3 rings (SSSR count). The van der Waals surface area contributed by atoms with Gasteiger partial charge in [0.05, 0.1) is 0 Å². The van der Waals surface area contributed by atoms with Crippen LogP contribution < -0.4 is 0 Å². The Hall–Kier alpha value is -1.34. The average Bonchev–Trinajstić information content (AvgIpc) is 2.59. The molecule has 2 aromatic carbocycles. The molecule has 0 aromatic heterocycles. The van der Waals surface area contributed by atoms with E-state index in [0.29, 0.717) is 0 Å². The van der Waals surface area contributed by atoms with E-state index in [2.05, 4.69) is 75.1 Å². The summed E-state index contributed by atoms with van der Waals surface area (Å²) in [4.78, 5) is 0. The zero-order valence-corrected chi connectivity index (χ0v) is 13.3. The summed E-state index contributed by atoms with van der Waals surface area (Å²) >= 11 is 0. The molecule has 0 bridgehead atoms. The van der Waals surface area contributed by atoms with Gasteiger partial charge in [-0.25, -0.2) is 0 Å². The van der Waals surface area contributed by atoms with Crippen molar-refractivity contribution in [2.75, 3.05) is 0 Å². The Balaban J connectivity index is 2.25. The first-order valence-corrected chi connectivity index (χ1v) is 10.8. The smallest absolute Gasteiger partial charge is 0.0454 e. The summed E-state index contributed by atoms with van der Waals surface area (Å²) in [5, 5.41) is 0. The summed E-state index contributed by atoms with van der Waals surface area (Å²) in [7, 11) is -1.13. The van der Waals surface area contributed by atoms with Gasteiger partial charge < -0.3 is 0 Å². The number of fused-ring (bicyclic) bond motifs is 3. The van der Waals surface area contributed by atoms with Crippen LogP contribution in [0.25, 0.3) is 11.1 Å². The van der Waals surface area contributed by atoms with Crippen LogP contribution in [0.5, 0.6) is 0 Å². The van der Waals surface area contributed by atoms with Gasteiger partial charge in [0.1, 0.15) is 0 Å². The molecule has 1 aliphatic carbocycles. The highest BCUT2D eigenvalue weighted by molar-refractivity contribution is 6.76. The monoisotopic (exact) mass is 266 g/mol. The molecule has 1 heteroatoms. The van der Waals surface area contributed by atoms with Crippen molar-refractivity contribution in [2.45, 2.75) is 38.0 Å². The Morgan fingerprint density at radius 1 is 0.789 bits per heavy atom. The second-order valence-corrected chi connectivity index (χ2v) is 12.6. The molecule has 0 saturated heterocycles. The van der Waals surface area contributed by atoms with E-state index in [9.17, 15) is 0 Å². The molecule has 98 valence electrons. The van der Waals surface area contributed by atoms with Gasteiger partial charge in [0.15, 0.2) is 0 Å². The molecule has 0 spiro atoms. The van der Waals surface area contributed by atoms with E-state index in [-0.39, 0.29) is 5.41 Å². The Morgan fingerprint density at radius 3 is 1.63 bits per heavy atom. The van der Waals surface area contributed by atoms with Gasteiger partial charge in [0.25, 0.3) is 0 Å². The van der Waals surface area contributed by atoms with Crippen molar-refractivity contribution in [3.8, 4) is 11.1 Å². The van der Waals surface area contributed by atoms with Gasteiger partial charge in [-0.1, -0.05) is 75.1 Å². The maximum absolute atomic E-state index is 2.47. The van der Waals surface area contributed by atoms with Crippen molar-refractivity contribution in [1.82, 2.24) is 0 Å². The first-order valence-electron chi connectivity index (χ1n) is 7.11. The molecule has 1 aliphatic rings. The second kappa shape index (κ2) is 4.07. The standard InChI is InChI=1S/C18H22Si/c1-18(13-19(2,3)4)16-11-7-5-9-14(16)15-10-6-8-12-17(15)18/h5-12H,13H2,1-4H3. The van der Waals surface area contributed by atoms with Gasteiger partial charge in [-0.05, 0) is 28.3 Å². The van der Waals surface area contributed by atoms with Crippen LogP contribution in [0.1, 0.15) is 18.1 Å². The Bertz CT molecular complexity index is 574. The highest BCUT2D eigenvalue weighted by Crippen LogP contribution is 2.52. The third-order valence-electron chi connectivity index (χ3n) is 4.22. The van der Waals surface area contributed by atoms with E-state index in [1.807, 2.05) is 0 Å². The molecule has 0 N–H and O–H groups in total. The minimum Gasteiger partial charge on any atom is -0.0695 e. The summed E-state index contributed by atoms with van der Waals surface area (Å²) in [6.07, 6.45) is 0. The number of hydrogen-bond acceptors (Lipinski definition) is 0. The minimum absolute atomic E-state index is 0.206. The van der Waals surface area contributed by atoms with Crippen molar-refractivity contribution >= 4 is 8.07 Å². The Labute approximate surface area is 117 Å². The topological polar surface area (TPSA) is 0 Å². The molecule has 2 aromatic rings. The van der Waals surface area contributed by atoms with Crippen LogP contribution in [0.4, 0.5) is 0 Å². The quantitative estimate of drug-likeness (QED) is 0.646. The molecular formula is C18H22Si. The van der Waals surface area contributed by atoms with Crippen LogP contribution in [0, 0.1) is 0 Å². The van der Waals surface area contributed by atoms with E-state index in [1.165, 1.54) is 28.3 Å². The van der Waals surface area contributed by atoms with Crippen molar-refractivity contribution in [2.24, 2.45) is 0 Å². The van der Waals surface area contributed by atoms with E-state index in [4.69, 9.17) is 0 Å². The van der Waals surface area contributed by atoms with Crippen molar-refractivity contribution in [3.05, 3.63) is 59.7 Å². The normalized spacial score (nSPS) is 16.0. The molecular weight excluding hydrogens is 244 g/mol. The lowest BCUT2D eigenvalue weighted by atomic mass is 9.82. The summed E-state index contributed by atoms with van der Waals surface area (Å²) < 4.78 is 0. The fraction of sp³-hybridized carbons (Fsp3) is 0.333. The zero-order chi connectivity index (χ0) is 13.7. The SMILES string of the molecule is CC1(C[Si](C)(C)C)c2ccccc2-c2ccccc21. The molecule has 0 atom stereocenters. The molecule has 0 aliphatic heterocycles. The molecule has 0 fully saturated rings. The fourth-order valence-corrected chi connectivity index (χ4v) is 6.30. The molecule has 0 saturated carbocycles. The van der Waals surface area contributed by atoms with Crippen LogP contribution in [-0.2, 0) is 5.41 Å². The Kier molecular flexibility index (Phi) is 2.72. The maximum atomic E-state index is 2.47. The van der Waals surface area contributed by atoms with Crippen molar-refractivity contribution < 1.29 is 0 Å². The fourth-order valence-electron chi connectivity index (χ4n) is 3.79. The van der Waals surface area contributed by atoms with E-state index < -0.39 is 8.07 Å². The zero-order valence-electron chi connectivity index (χ0n) is 12.3. The highest BCUT2D eigenvalue weighted by atomic mass is 28.3. The van der Waals surface area contributed by atoms with Gasteiger partial charge in [-0.2, -0.15) is 0 Å². The van der Waals surface area contributed by atoms with Gasteiger partial charge in [-0.15, -0.1) is 0 Å². The van der Waals surface area contributed by atoms with E-state index in [1.54, 1.807) is 0 Å². The summed E-state index contributed by atoms with van der Waals surface area (Å²) in [6.45, 7) is 9.86. The highest BCUT2D eigenvalue weighted by Gasteiger charge is 2.41. The first-order chi connectivity index (χ1) is 8.92. The Morgan fingerprint density at radius 2 is 1.21 bits per heavy atom. The molecule has 19 heavy (non-hydrogen) atoms. The third-order valence-corrected chi connectivity index (χ3v) is 5.98. The predicted octanol–water partition coefficient (Wildman–Crippen LogP) is 5.31.